The molecule has 15 heavy (non-hydrogen) atoms. The van der Waals surface area contributed by atoms with Crippen LogP contribution in [0.1, 0.15) is 25.1 Å². The number of hydrogen-bond acceptors (Lipinski definition) is 4. The summed E-state index contributed by atoms with van der Waals surface area (Å²) in [5, 5.41) is 15.8. The summed E-state index contributed by atoms with van der Waals surface area (Å²) < 4.78 is 0. The number of carboxylic acid groups (broad SMARTS) is 1. The van der Waals surface area contributed by atoms with Gasteiger partial charge in [0.1, 0.15) is 5.82 Å². The predicted molar refractivity (Wildman–Crippen MR) is 55.8 cm³/mol. The van der Waals surface area contributed by atoms with Gasteiger partial charge in [-0.05, 0) is 5.92 Å². The Bertz CT molecular complexity index is 349. The maximum atomic E-state index is 10.3. The molecule has 0 saturated heterocycles. The Balaban J connectivity index is 1.83. The molecule has 0 bridgehead atoms. The second-order valence-corrected chi connectivity index (χ2v) is 4.69. The maximum Gasteiger partial charge on any atom is 0.313 e. The van der Waals surface area contributed by atoms with Crippen LogP contribution in [0.3, 0.4) is 0 Å². The van der Waals surface area contributed by atoms with E-state index in [-0.39, 0.29) is 5.75 Å². The average molecular weight is 227 g/mol. The molecule has 82 valence electrons. The van der Waals surface area contributed by atoms with Crippen molar-refractivity contribution in [1.82, 2.24) is 15.2 Å². The summed E-state index contributed by atoms with van der Waals surface area (Å²) in [7, 11) is 0. The Morgan fingerprint density at radius 2 is 2.40 bits per heavy atom. The van der Waals surface area contributed by atoms with Crippen LogP contribution in [0.15, 0.2) is 5.16 Å². The minimum absolute atomic E-state index is 0.0146. The highest BCUT2D eigenvalue weighted by molar-refractivity contribution is 7.99. The topological polar surface area (TPSA) is 78.9 Å². The van der Waals surface area contributed by atoms with Gasteiger partial charge in [-0.25, -0.2) is 4.98 Å². The van der Waals surface area contributed by atoms with Crippen LogP contribution in [0.2, 0.25) is 0 Å². The Morgan fingerprint density at radius 1 is 1.60 bits per heavy atom. The molecule has 6 heteroatoms. The SMILES string of the molecule is O=C(O)CSc1n[nH]c(CC2CCC2)n1. The van der Waals surface area contributed by atoms with Crippen molar-refractivity contribution >= 4 is 17.7 Å². The van der Waals surface area contributed by atoms with Gasteiger partial charge >= 0.3 is 5.97 Å². The highest BCUT2D eigenvalue weighted by Gasteiger charge is 2.19. The summed E-state index contributed by atoms with van der Waals surface area (Å²) in [6.07, 6.45) is 4.82. The Labute approximate surface area is 91.7 Å². The fourth-order valence-electron chi connectivity index (χ4n) is 1.53. The Morgan fingerprint density at radius 3 is 3.00 bits per heavy atom. The van der Waals surface area contributed by atoms with E-state index >= 15 is 0 Å². The van der Waals surface area contributed by atoms with E-state index in [1.54, 1.807) is 0 Å². The van der Waals surface area contributed by atoms with Gasteiger partial charge in [-0.15, -0.1) is 5.10 Å². The number of aromatic nitrogens is 3. The Hall–Kier alpha value is -1.04. The van der Waals surface area contributed by atoms with Gasteiger partial charge in [0, 0.05) is 6.42 Å². The largest absolute Gasteiger partial charge is 0.481 e. The summed E-state index contributed by atoms with van der Waals surface area (Å²) in [6, 6.07) is 0. The van der Waals surface area contributed by atoms with Gasteiger partial charge in [0.25, 0.3) is 0 Å². The minimum atomic E-state index is -0.842. The highest BCUT2D eigenvalue weighted by Crippen LogP contribution is 2.29. The molecule has 0 aliphatic heterocycles. The van der Waals surface area contributed by atoms with E-state index in [0.717, 1.165) is 29.9 Å². The van der Waals surface area contributed by atoms with Crippen LogP contribution in [-0.2, 0) is 11.2 Å². The Kier molecular flexibility index (Phi) is 3.25. The molecular weight excluding hydrogens is 214 g/mol. The summed E-state index contributed by atoms with van der Waals surface area (Å²) in [4.78, 5) is 14.6. The molecule has 1 aliphatic carbocycles. The van der Waals surface area contributed by atoms with Crippen molar-refractivity contribution in [2.45, 2.75) is 30.8 Å². The normalized spacial score (nSPS) is 16.3. The van der Waals surface area contributed by atoms with Gasteiger partial charge in [-0.1, -0.05) is 31.0 Å². The lowest BCUT2D eigenvalue weighted by molar-refractivity contribution is -0.133. The quantitative estimate of drug-likeness (QED) is 0.742. The van der Waals surface area contributed by atoms with E-state index < -0.39 is 5.97 Å². The zero-order chi connectivity index (χ0) is 10.7. The van der Waals surface area contributed by atoms with E-state index in [1.807, 2.05) is 0 Å². The summed E-state index contributed by atoms with van der Waals surface area (Å²) in [5.41, 5.74) is 0. The first-order valence-corrected chi connectivity index (χ1v) is 5.98. The van der Waals surface area contributed by atoms with Crippen LogP contribution >= 0.6 is 11.8 Å². The highest BCUT2D eigenvalue weighted by atomic mass is 32.2. The summed E-state index contributed by atoms with van der Waals surface area (Å²) in [6.45, 7) is 0. The average Bonchev–Trinajstić information content (AvgIpc) is 2.56. The smallest absolute Gasteiger partial charge is 0.313 e. The fraction of sp³-hybridized carbons (Fsp3) is 0.667. The molecular formula is C9H13N3O2S. The first-order valence-electron chi connectivity index (χ1n) is 5.00. The predicted octanol–water partition coefficient (Wildman–Crippen LogP) is 1.32. The van der Waals surface area contributed by atoms with Crippen LogP contribution in [-0.4, -0.2) is 32.0 Å². The summed E-state index contributed by atoms with van der Waals surface area (Å²) >= 11 is 1.15. The van der Waals surface area contributed by atoms with Crippen LogP contribution in [0.4, 0.5) is 0 Å². The fourth-order valence-corrected chi connectivity index (χ4v) is 2.07. The molecule has 1 aromatic heterocycles. The zero-order valence-electron chi connectivity index (χ0n) is 8.27. The first kappa shape index (κ1) is 10.5. The van der Waals surface area contributed by atoms with Gasteiger partial charge in [-0.3, -0.25) is 9.89 Å². The molecule has 0 unspecified atom stereocenters. The third kappa shape index (κ3) is 2.95. The number of nitrogens with zero attached hydrogens (tertiary/aromatic N) is 2. The third-order valence-corrected chi connectivity index (χ3v) is 3.37. The van der Waals surface area contributed by atoms with Gasteiger partial charge in [0.05, 0.1) is 5.75 Å². The molecule has 5 nitrogen and oxygen atoms in total. The van der Waals surface area contributed by atoms with E-state index in [2.05, 4.69) is 15.2 Å². The number of carboxylic acids is 1. The number of hydrogen-bond donors (Lipinski definition) is 2. The number of aliphatic carboxylic acids is 1. The lowest BCUT2D eigenvalue weighted by Gasteiger charge is -2.23. The summed E-state index contributed by atoms with van der Waals surface area (Å²) in [5.74, 6) is 0.800. The van der Waals surface area contributed by atoms with E-state index in [1.165, 1.54) is 19.3 Å². The minimum Gasteiger partial charge on any atom is -0.481 e. The molecule has 2 rings (SSSR count). The second-order valence-electron chi connectivity index (χ2n) is 3.75. The number of rotatable bonds is 5. The van der Waals surface area contributed by atoms with Crippen molar-refractivity contribution in [3.05, 3.63) is 5.82 Å². The van der Waals surface area contributed by atoms with Crippen molar-refractivity contribution in [3.63, 3.8) is 0 Å². The standard InChI is InChI=1S/C9H13N3O2S/c13-8(14)5-15-9-10-7(11-12-9)4-6-2-1-3-6/h6H,1-5H2,(H,13,14)(H,10,11,12). The number of nitrogens with one attached hydrogen (secondary N) is 1. The van der Waals surface area contributed by atoms with Crippen LogP contribution in [0, 0.1) is 5.92 Å². The molecule has 1 aromatic rings. The molecule has 0 aromatic carbocycles. The van der Waals surface area contributed by atoms with Crippen molar-refractivity contribution < 1.29 is 9.90 Å². The van der Waals surface area contributed by atoms with Gasteiger partial charge in [-0.2, -0.15) is 0 Å². The maximum absolute atomic E-state index is 10.3. The first-order chi connectivity index (χ1) is 7.24. The molecule has 1 fully saturated rings. The third-order valence-electron chi connectivity index (χ3n) is 2.54. The van der Waals surface area contributed by atoms with Gasteiger partial charge < -0.3 is 5.11 Å². The van der Waals surface area contributed by atoms with E-state index in [4.69, 9.17) is 5.11 Å². The van der Waals surface area contributed by atoms with Crippen molar-refractivity contribution in [2.75, 3.05) is 5.75 Å². The van der Waals surface area contributed by atoms with Crippen LogP contribution < -0.4 is 0 Å². The van der Waals surface area contributed by atoms with Gasteiger partial charge in [0.2, 0.25) is 5.16 Å². The molecule has 0 radical (unpaired) electrons. The number of H-pyrrole nitrogens is 1. The zero-order valence-corrected chi connectivity index (χ0v) is 9.09. The van der Waals surface area contributed by atoms with E-state index in [9.17, 15) is 4.79 Å². The lowest BCUT2D eigenvalue weighted by atomic mass is 9.83. The van der Waals surface area contributed by atoms with Crippen molar-refractivity contribution in [2.24, 2.45) is 5.92 Å². The monoisotopic (exact) mass is 227 g/mol. The van der Waals surface area contributed by atoms with Crippen molar-refractivity contribution in [1.29, 1.82) is 0 Å². The second kappa shape index (κ2) is 4.65. The van der Waals surface area contributed by atoms with E-state index in [0.29, 0.717) is 5.16 Å². The molecule has 1 saturated carbocycles. The molecule has 2 N–H and O–H groups in total. The number of carbonyl (C=O) groups is 1. The van der Waals surface area contributed by atoms with Crippen molar-refractivity contribution in [3.8, 4) is 0 Å². The molecule has 0 spiro atoms. The molecule has 1 aliphatic rings. The molecule has 0 atom stereocenters. The van der Waals surface area contributed by atoms with Gasteiger partial charge in [0.15, 0.2) is 0 Å². The lowest BCUT2D eigenvalue weighted by Crippen LogP contribution is -2.14. The van der Waals surface area contributed by atoms with Crippen LogP contribution in [0.5, 0.6) is 0 Å². The molecule has 1 heterocycles. The molecule has 0 amide bonds. The van der Waals surface area contributed by atoms with Crippen LogP contribution in [0.25, 0.3) is 0 Å². The number of thioether (sulfide) groups is 1. The number of aromatic amines is 1.